The molecule has 0 N–H and O–H groups in total. The van der Waals surface area contributed by atoms with Gasteiger partial charge in [0.05, 0.1) is 35.7 Å². The Labute approximate surface area is 204 Å². The fourth-order valence-electron chi connectivity index (χ4n) is 4.41. The van der Waals surface area contributed by atoms with Gasteiger partial charge in [-0.3, -0.25) is 4.90 Å². The number of nitrogens with zero attached hydrogens (tertiary/aromatic N) is 7. The number of piperazine rings is 1. The van der Waals surface area contributed by atoms with E-state index < -0.39 is 0 Å². The van der Waals surface area contributed by atoms with E-state index >= 15 is 0 Å². The van der Waals surface area contributed by atoms with Crippen LogP contribution in [-0.2, 0) is 4.74 Å². The first-order valence-corrected chi connectivity index (χ1v) is 11.9. The van der Waals surface area contributed by atoms with Gasteiger partial charge in [-0.25, -0.2) is 9.50 Å². The standard InChI is InChI=1S/C26H29N7O2/c1-18(2)34-11-10-31-6-8-32(9-7-31)25-5-4-20(15-28-25)23-13-21(24-12-19(3)30-35-24)17-33-26(23)22(14-27)16-29-33/h4-5,12-13,15-18H,6-11H2,1-3H3. The number of fused-ring (bicyclic) bond motifs is 1. The summed E-state index contributed by atoms with van der Waals surface area (Å²) in [5, 5.41) is 18.0. The van der Waals surface area contributed by atoms with Crippen molar-refractivity contribution in [1.29, 1.82) is 5.26 Å². The Balaban J connectivity index is 1.37. The van der Waals surface area contributed by atoms with Gasteiger partial charge in [0.15, 0.2) is 5.76 Å². The maximum Gasteiger partial charge on any atom is 0.168 e. The average molecular weight is 472 g/mol. The molecule has 180 valence electrons. The number of aromatic nitrogens is 4. The van der Waals surface area contributed by atoms with E-state index in [-0.39, 0.29) is 6.10 Å². The Morgan fingerprint density at radius 1 is 1.11 bits per heavy atom. The van der Waals surface area contributed by atoms with Crippen LogP contribution in [0.2, 0.25) is 0 Å². The van der Waals surface area contributed by atoms with Crippen molar-refractivity contribution < 1.29 is 9.26 Å². The monoisotopic (exact) mass is 471 g/mol. The van der Waals surface area contributed by atoms with Crippen LogP contribution in [0.3, 0.4) is 0 Å². The number of rotatable bonds is 7. The molecule has 1 aliphatic heterocycles. The van der Waals surface area contributed by atoms with Crippen LogP contribution in [-0.4, -0.2) is 70.1 Å². The van der Waals surface area contributed by atoms with Crippen LogP contribution >= 0.6 is 0 Å². The molecule has 0 atom stereocenters. The van der Waals surface area contributed by atoms with Crippen molar-refractivity contribution in [3.05, 3.63) is 54.1 Å². The molecular weight excluding hydrogens is 442 g/mol. The topological polar surface area (TPSA) is 95.7 Å². The summed E-state index contributed by atoms with van der Waals surface area (Å²) in [6.07, 6.45) is 5.58. The number of hydrogen-bond acceptors (Lipinski definition) is 8. The fraction of sp³-hybridized carbons (Fsp3) is 0.385. The van der Waals surface area contributed by atoms with E-state index in [4.69, 9.17) is 14.2 Å². The molecule has 35 heavy (non-hydrogen) atoms. The van der Waals surface area contributed by atoms with Crippen molar-refractivity contribution in [2.75, 3.05) is 44.2 Å². The van der Waals surface area contributed by atoms with Gasteiger partial charge in [0.2, 0.25) is 0 Å². The number of pyridine rings is 2. The van der Waals surface area contributed by atoms with E-state index in [0.29, 0.717) is 11.3 Å². The normalized spacial score (nSPS) is 14.7. The highest BCUT2D eigenvalue weighted by Crippen LogP contribution is 2.32. The highest BCUT2D eigenvalue weighted by atomic mass is 16.5. The van der Waals surface area contributed by atoms with Gasteiger partial charge in [-0.15, -0.1) is 0 Å². The van der Waals surface area contributed by atoms with E-state index in [2.05, 4.69) is 52.1 Å². The lowest BCUT2D eigenvalue weighted by molar-refractivity contribution is 0.0578. The van der Waals surface area contributed by atoms with E-state index in [0.717, 1.165) is 73.0 Å². The summed E-state index contributed by atoms with van der Waals surface area (Å²) in [6.45, 7) is 11.6. The van der Waals surface area contributed by atoms with Crippen LogP contribution in [0.25, 0.3) is 28.0 Å². The minimum absolute atomic E-state index is 0.271. The van der Waals surface area contributed by atoms with Gasteiger partial charge in [-0.1, -0.05) is 5.16 Å². The van der Waals surface area contributed by atoms with Crippen molar-refractivity contribution in [2.45, 2.75) is 26.9 Å². The summed E-state index contributed by atoms with van der Waals surface area (Å²) < 4.78 is 12.9. The fourth-order valence-corrected chi connectivity index (χ4v) is 4.41. The molecule has 9 heteroatoms. The number of nitriles is 1. The molecule has 4 aromatic heterocycles. The molecule has 0 amide bonds. The van der Waals surface area contributed by atoms with Crippen LogP contribution < -0.4 is 4.90 Å². The summed E-state index contributed by atoms with van der Waals surface area (Å²) in [5.74, 6) is 1.61. The number of hydrogen-bond donors (Lipinski definition) is 0. The number of ether oxygens (including phenoxy) is 1. The van der Waals surface area contributed by atoms with Crippen molar-refractivity contribution in [3.8, 4) is 28.5 Å². The van der Waals surface area contributed by atoms with Gasteiger partial charge < -0.3 is 14.2 Å². The summed E-state index contributed by atoms with van der Waals surface area (Å²) in [4.78, 5) is 9.52. The SMILES string of the molecule is Cc1cc(-c2cc(-c3ccc(N4CCN(CCOC(C)C)CC4)nc3)c3c(C#N)cnn3c2)on1. The van der Waals surface area contributed by atoms with Gasteiger partial charge in [0.25, 0.3) is 0 Å². The maximum atomic E-state index is 9.64. The van der Waals surface area contributed by atoms with E-state index in [9.17, 15) is 5.26 Å². The van der Waals surface area contributed by atoms with E-state index in [1.54, 1.807) is 10.7 Å². The molecule has 5 rings (SSSR count). The number of anilines is 1. The first-order valence-electron chi connectivity index (χ1n) is 11.9. The van der Waals surface area contributed by atoms with Crippen LogP contribution in [0.4, 0.5) is 5.82 Å². The Kier molecular flexibility index (Phi) is 6.49. The summed E-state index contributed by atoms with van der Waals surface area (Å²) in [7, 11) is 0. The Hall–Kier alpha value is -3.74. The molecule has 0 bridgehead atoms. The van der Waals surface area contributed by atoms with Crippen LogP contribution in [0, 0.1) is 18.3 Å². The van der Waals surface area contributed by atoms with E-state index in [1.165, 1.54) is 0 Å². The predicted molar refractivity (Wildman–Crippen MR) is 133 cm³/mol. The van der Waals surface area contributed by atoms with Crippen molar-refractivity contribution in [1.82, 2.24) is 24.7 Å². The predicted octanol–water partition coefficient (Wildman–Crippen LogP) is 3.78. The van der Waals surface area contributed by atoms with Gasteiger partial charge in [-0.2, -0.15) is 10.4 Å². The summed E-state index contributed by atoms with van der Waals surface area (Å²) in [5.41, 5.74) is 4.69. The quantitative estimate of drug-likeness (QED) is 0.402. The van der Waals surface area contributed by atoms with Gasteiger partial charge in [0.1, 0.15) is 11.9 Å². The Bertz CT molecular complexity index is 1340. The molecule has 1 saturated heterocycles. The molecule has 1 fully saturated rings. The molecule has 4 aromatic rings. The highest BCUT2D eigenvalue weighted by molar-refractivity contribution is 5.87. The maximum absolute atomic E-state index is 9.64. The Morgan fingerprint density at radius 2 is 1.94 bits per heavy atom. The zero-order valence-corrected chi connectivity index (χ0v) is 20.3. The third kappa shape index (κ3) is 4.90. The first-order chi connectivity index (χ1) is 17.0. The Morgan fingerprint density at radius 3 is 2.60 bits per heavy atom. The first kappa shape index (κ1) is 23.0. The molecule has 0 radical (unpaired) electrons. The zero-order chi connectivity index (χ0) is 24.4. The number of aryl methyl sites for hydroxylation is 1. The van der Waals surface area contributed by atoms with Crippen LogP contribution in [0.15, 0.2) is 47.4 Å². The smallest absolute Gasteiger partial charge is 0.168 e. The average Bonchev–Trinajstić information content (AvgIpc) is 3.50. The van der Waals surface area contributed by atoms with E-state index in [1.807, 2.05) is 31.5 Å². The third-order valence-corrected chi connectivity index (χ3v) is 6.26. The summed E-state index contributed by atoms with van der Waals surface area (Å²) in [6, 6.07) is 10.3. The van der Waals surface area contributed by atoms with Gasteiger partial charge in [0, 0.05) is 67.9 Å². The highest BCUT2D eigenvalue weighted by Gasteiger charge is 2.19. The minimum atomic E-state index is 0.271. The second-order valence-corrected chi connectivity index (χ2v) is 9.09. The van der Waals surface area contributed by atoms with Crippen LogP contribution in [0.5, 0.6) is 0 Å². The minimum Gasteiger partial charge on any atom is -0.377 e. The summed E-state index contributed by atoms with van der Waals surface area (Å²) >= 11 is 0. The lowest BCUT2D eigenvalue weighted by atomic mass is 10.0. The molecule has 9 nitrogen and oxygen atoms in total. The molecular formula is C26H29N7O2. The van der Waals surface area contributed by atoms with Crippen molar-refractivity contribution >= 4 is 11.3 Å². The van der Waals surface area contributed by atoms with Crippen molar-refractivity contribution in [2.24, 2.45) is 0 Å². The second kappa shape index (κ2) is 9.86. The second-order valence-electron chi connectivity index (χ2n) is 9.09. The van der Waals surface area contributed by atoms with Crippen LogP contribution in [0.1, 0.15) is 25.1 Å². The lowest BCUT2D eigenvalue weighted by Crippen LogP contribution is -2.47. The molecule has 0 spiro atoms. The molecule has 0 aromatic carbocycles. The molecule has 1 aliphatic rings. The lowest BCUT2D eigenvalue weighted by Gasteiger charge is -2.35. The third-order valence-electron chi connectivity index (χ3n) is 6.26. The van der Waals surface area contributed by atoms with Crippen molar-refractivity contribution in [3.63, 3.8) is 0 Å². The zero-order valence-electron chi connectivity index (χ0n) is 20.3. The van der Waals surface area contributed by atoms with Gasteiger partial charge >= 0.3 is 0 Å². The molecule has 5 heterocycles. The molecule has 0 saturated carbocycles. The molecule has 0 unspecified atom stereocenters. The van der Waals surface area contributed by atoms with Gasteiger partial charge in [-0.05, 0) is 39.0 Å². The molecule has 0 aliphatic carbocycles. The largest absolute Gasteiger partial charge is 0.377 e.